The Morgan fingerprint density at radius 3 is 2.81 bits per heavy atom. The number of fused-ring (bicyclic) bond motifs is 4. The lowest BCUT2D eigenvalue weighted by atomic mass is 10.0. The van der Waals surface area contributed by atoms with E-state index in [4.69, 9.17) is 0 Å². The zero-order valence-corrected chi connectivity index (χ0v) is 15.8. The second kappa shape index (κ2) is 5.89. The highest BCUT2D eigenvalue weighted by Gasteiger charge is 2.23. The van der Waals surface area contributed by atoms with Crippen LogP contribution in [-0.2, 0) is 0 Å². The summed E-state index contributed by atoms with van der Waals surface area (Å²) in [4.78, 5) is 19.8. The standard InChI is InChI=1S/C21H16N2OS2/c1-12(11-25)13-7-8-17-16(10-13)23-19-14(4-2-6-18(19)26-17)20(24)15-5-3-9-22-21(15)23/h2-10,12,25H,11H2,1H3. The van der Waals surface area contributed by atoms with Crippen molar-refractivity contribution < 1.29 is 0 Å². The fraction of sp³-hybridized carbons (Fsp3) is 0.143. The summed E-state index contributed by atoms with van der Waals surface area (Å²) >= 11 is 6.17. The van der Waals surface area contributed by atoms with E-state index < -0.39 is 0 Å². The van der Waals surface area contributed by atoms with Gasteiger partial charge in [0, 0.05) is 21.4 Å². The Hall–Kier alpha value is -2.24. The van der Waals surface area contributed by atoms with Crippen LogP contribution in [0.15, 0.2) is 69.3 Å². The minimum atomic E-state index is 0.0464. The van der Waals surface area contributed by atoms with E-state index in [1.54, 1.807) is 18.0 Å². The first kappa shape index (κ1) is 16.0. The molecule has 0 N–H and O–H groups in total. The first-order chi connectivity index (χ1) is 12.7. The second-order valence-electron chi connectivity index (χ2n) is 6.60. The van der Waals surface area contributed by atoms with Gasteiger partial charge in [-0.25, -0.2) is 4.98 Å². The first-order valence-corrected chi connectivity index (χ1v) is 9.99. The van der Waals surface area contributed by atoms with Crippen LogP contribution in [-0.4, -0.2) is 15.3 Å². The third-order valence-corrected chi connectivity index (χ3v) is 6.66. The molecule has 0 bridgehead atoms. The number of para-hydroxylation sites is 1. The molecule has 0 spiro atoms. The molecule has 0 radical (unpaired) electrons. The summed E-state index contributed by atoms with van der Waals surface area (Å²) in [5, 5.41) is 1.40. The van der Waals surface area contributed by atoms with Crippen molar-refractivity contribution in [3.63, 3.8) is 0 Å². The Labute approximate surface area is 160 Å². The van der Waals surface area contributed by atoms with E-state index in [0.29, 0.717) is 11.3 Å². The van der Waals surface area contributed by atoms with E-state index in [0.717, 1.165) is 32.9 Å². The van der Waals surface area contributed by atoms with Crippen LogP contribution in [0, 0.1) is 0 Å². The molecule has 0 saturated heterocycles. The minimum Gasteiger partial charge on any atom is -0.291 e. The fourth-order valence-corrected chi connectivity index (χ4v) is 4.87. The van der Waals surface area contributed by atoms with Crippen LogP contribution in [0.2, 0.25) is 0 Å². The van der Waals surface area contributed by atoms with Crippen molar-refractivity contribution >= 4 is 46.3 Å². The maximum absolute atomic E-state index is 13.0. The number of rotatable bonds is 2. The van der Waals surface area contributed by atoms with Gasteiger partial charge in [-0.2, -0.15) is 12.6 Å². The molecule has 4 aromatic rings. The van der Waals surface area contributed by atoms with E-state index in [1.807, 2.05) is 24.3 Å². The molecule has 1 aliphatic rings. The predicted octanol–water partition coefficient (Wildman–Crippen LogP) is 5.04. The lowest BCUT2D eigenvalue weighted by Gasteiger charge is -2.25. The van der Waals surface area contributed by atoms with Crippen molar-refractivity contribution in [3.8, 4) is 5.69 Å². The Morgan fingerprint density at radius 1 is 1.12 bits per heavy atom. The van der Waals surface area contributed by atoms with Gasteiger partial charge in [-0.1, -0.05) is 30.8 Å². The van der Waals surface area contributed by atoms with E-state index in [2.05, 4.69) is 53.4 Å². The second-order valence-corrected chi connectivity index (χ2v) is 8.05. The normalized spacial score (nSPS) is 13.8. The van der Waals surface area contributed by atoms with E-state index in [1.165, 1.54) is 10.5 Å². The maximum atomic E-state index is 13.0. The number of benzene rings is 2. The van der Waals surface area contributed by atoms with E-state index >= 15 is 0 Å². The zero-order valence-electron chi connectivity index (χ0n) is 14.1. The number of aromatic nitrogens is 2. The smallest absolute Gasteiger partial charge is 0.198 e. The van der Waals surface area contributed by atoms with Crippen LogP contribution < -0.4 is 5.43 Å². The third-order valence-electron chi connectivity index (χ3n) is 5.00. The lowest BCUT2D eigenvalue weighted by molar-refractivity contribution is 0.876. The van der Waals surface area contributed by atoms with E-state index in [9.17, 15) is 4.79 Å². The van der Waals surface area contributed by atoms with Crippen LogP contribution >= 0.6 is 24.4 Å². The van der Waals surface area contributed by atoms with Crippen LogP contribution in [0.5, 0.6) is 0 Å². The molecule has 0 fully saturated rings. The zero-order chi connectivity index (χ0) is 17.8. The highest BCUT2D eigenvalue weighted by Crippen LogP contribution is 2.43. The lowest BCUT2D eigenvalue weighted by Crippen LogP contribution is -2.15. The molecular formula is C21H16N2OS2. The van der Waals surface area contributed by atoms with Gasteiger partial charge in [0.05, 0.1) is 16.6 Å². The molecule has 5 rings (SSSR count). The highest BCUT2D eigenvalue weighted by atomic mass is 32.2. The Kier molecular flexibility index (Phi) is 3.62. The van der Waals surface area contributed by atoms with Crippen molar-refractivity contribution in [1.29, 1.82) is 0 Å². The molecular weight excluding hydrogens is 360 g/mol. The van der Waals surface area contributed by atoms with Crippen LogP contribution in [0.4, 0.5) is 0 Å². The van der Waals surface area contributed by atoms with Crippen LogP contribution in [0.3, 0.4) is 0 Å². The van der Waals surface area contributed by atoms with Crippen molar-refractivity contribution in [1.82, 2.24) is 9.55 Å². The SMILES string of the molecule is CC(CS)c1ccc2c(c1)-n1c3ncccc3c(=O)c3cccc(c31)S2. The minimum absolute atomic E-state index is 0.0464. The summed E-state index contributed by atoms with van der Waals surface area (Å²) in [6, 6.07) is 16.2. The average Bonchev–Trinajstić information content (AvgIpc) is 2.69. The molecule has 0 aliphatic carbocycles. The Bertz CT molecular complexity index is 1250. The van der Waals surface area contributed by atoms with Crippen molar-refractivity contribution in [2.45, 2.75) is 22.6 Å². The molecule has 26 heavy (non-hydrogen) atoms. The summed E-state index contributed by atoms with van der Waals surface area (Å²) in [7, 11) is 0. The molecule has 2 aromatic carbocycles. The van der Waals surface area contributed by atoms with Crippen molar-refractivity contribution in [2.24, 2.45) is 0 Å². The fourth-order valence-electron chi connectivity index (χ4n) is 3.58. The summed E-state index contributed by atoms with van der Waals surface area (Å²) in [5.74, 6) is 1.15. The highest BCUT2D eigenvalue weighted by molar-refractivity contribution is 7.99. The molecule has 0 amide bonds. The number of nitrogens with zero attached hydrogens (tertiary/aromatic N) is 2. The summed E-state index contributed by atoms with van der Waals surface area (Å²) in [5.41, 5.74) is 4.06. The Balaban J connectivity index is 1.99. The van der Waals surface area contributed by atoms with Gasteiger partial charge in [-0.15, -0.1) is 0 Å². The van der Waals surface area contributed by atoms with Gasteiger partial charge in [0.1, 0.15) is 5.65 Å². The quantitative estimate of drug-likeness (QED) is 0.346. The summed E-state index contributed by atoms with van der Waals surface area (Å²) < 4.78 is 2.15. The Morgan fingerprint density at radius 2 is 1.96 bits per heavy atom. The number of thiol groups is 1. The van der Waals surface area contributed by atoms with Gasteiger partial charge in [0.2, 0.25) is 0 Å². The monoisotopic (exact) mass is 376 g/mol. The number of hydrogen-bond donors (Lipinski definition) is 1. The van der Waals surface area contributed by atoms with Gasteiger partial charge < -0.3 is 0 Å². The number of hydrogen-bond acceptors (Lipinski definition) is 4. The molecule has 128 valence electrons. The van der Waals surface area contributed by atoms with Crippen LogP contribution in [0.1, 0.15) is 18.4 Å². The molecule has 3 nitrogen and oxygen atoms in total. The first-order valence-electron chi connectivity index (χ1n) is 8.54. The van der Waals surface area contributed by atoms with Gasteiger partial charge >= 0.3 is 0 Å². The molecule has 1 aliphatic heterocycles. The van der Waals surface area contributed by atoms with Gasteiger partial charge in [-0.05, 0) is 53.6 Å². The van der Waals surface area contributed by atoms with Crippen molar-refractivity contribution in [3.05, 3.63) is 70.5 Å². The predicted molar refractivity (Wildman–Crippen MR) is 111 cm³/mol. The van der Waals surface area contributed by atoms with Gasteiger partial charge in [-0.3, -0.25) is 9.36 Å². The molecule has 1 unspecified atom stereocenters. The third kappa shape index (κ3) is 2.17. The molecule has 0 saturated carbocycles. The molecule has 5 heteroatoms. The van der Waals surface area contributed by atoms with Crippen molar-refractivity contribution in [2.75, 3.05) is 5.75 Å². The summed E-state index contributed by atoms with van der Waals surface area (Å²) in [6.45, 7) is 2.18. The summed E-state index contributed by atoms with van der Waals surface area (Å²) in [6.07, 6.45) is 1.75. The molecule has 2 aromatic heterocycles. The van der Waals surface area contributed by atoms with Gasteiger partial charge in [0.15, 0.2) is 5.43 Å². The maximum Gasteiger partial charge on any atom is 0.198 e. The van der Waals surface area contributed by atoms with Crippen LogP contribution in [0.25, 0.3) is 27.6 Å². The molecule has 3 heterocycles. The van der Waals surface area contributed by atoms with Gasteiger partial charge in [0.25, 0.3) is 0 Å². The largest absolute Gasteiger partial charge is 0.291 e. The average molecular weight is 377 g/mol. The van der Waals surface area contributed by atoms with E-state index in [-0.39, 0.29) is 5.43 Å². The molecule has 1 atom stereocenters. The number of pyridine rings is 2. The topological polar surface area (TPSA) is 34.9 Å².